The number of nitrogens with one attached hydrogen (secondary N) is 1. The Morgan fingerprint density at radius 1 is 1.02 bits per heavy atom. The number of hydrogen-bond acceptors (Lipinski definition) is 15. The second-order valence-electron chi connectivity index (χ2n) is 9.09. The zero-order chi connectivity index (χ0) is 32.1. The molecule has 1 aliphatic heterocycles. The molecule has 16 nitrogen and oxygen atoms in total. The first-order valence-corrected chi connectivity index (χ1v) is 15.9. The van der Waals surface area contributed by atoms with Crippen LogP contribution < -0.4 is 5.32 Å². The van der Waals surface area contributed by atoms with E-state index in [0.717, 1.165) is 10.6 Å². The monoisotopic (exact) mass is 661 g/mol. The Labute approximate surface area is 252 Å². The van der Waals surface area contributed by atoms with Crippen LogP contribution in [-0.4, -0.2) is 108 Å². The second-order valence-corrected chi connectivity index (χ2v) is 13.3. The Kier molecular flexibility index (Phi) is 11.6. The predicted molar refractivity (Wildman–Crippen MR) is 148 cm³/mol. The number of carbonyl (C=O) groups is 4. The molecule has 1 aromatic carbocycles. The minimum atomic E-state index is -5.03. The van der Waals surface area contributed by atoms with Crippen molar-refractivity contribution in [3.63, 3.8) is 0 Å². The number of hydrogen-bond donors (Lipinski definition) is 7. The summed E-state index contributed by atoms with van der Waals surface area (Å²) in [6, 6.07) is 11.8. The van der Waals surface area contributed by atoms with Gasteiger partial charge < -0.3 is 35.7 Å². The van der Waals surface area contributed by atoms with Crippen LogP contribution in [0.1, 0.15) is 34.5 Å². The number of aliphatic hydroxyl groups is 5. The molecule has 1 saturated heterocycles. The van der Waals surface area contributed by atoms with Crippen molar-refractivity contribution < 1.29 is 62.5 Å². The van der Waals surface area contributed by atoms with E-state index in [-0.39, 0.29) is 15.9 Å². The standard InChI is InChI=1S/C24H27N3O13S3/c1-11(41-42-15-4-2-3-9-25-15)12-5-7-13(8-6-12)21(33)26-22(34)19(31)17(29)18(30)20(32)24(36)40-27-16(28)10-14(23(27)35)43(37,38)39/h2-9,11,14,17-20,22,29-32,34H,10H2,1H3,(H,26,33)(H,37,38,39). The van der Waals surface area contributed by atoms with Crippen molar-refractivity contribution in [3.8, 4) is 0 Å². The molecule has 2 heterocycles. The summed E-state index contributed by atoms with van der Waals surface area (Å²) in [5.41, 5.74) is 0.933. The average Bonchev–Trinajstić information content (AvgIpc) is 3.27. The summed E-state index contributed by atoms with van der Waals surface area (Å²) in [7, 11) is -2.02. The molecule has 234 valence electrons. The summed E-state index contributed by atoms with van der Waals surface area (Å²) < 4.78 is 31.3. The topological polar surface area (TPSA) is 261 Å². The van der Waals surface area contributed by atoms with Gasteiger partial charge in [0.25, 0.3) is 27.8 Å². The van der Waals surface area contributed by atoms with E-state index in [1.165, 1.54) is 33.7 Å². The normalized spacial score (nSPS) is 19.7. The van der Waals surface area contributed by atoms with E-state index in [0.29, 0.717) is 0 Å². The smallest absolute Gasteiger partial charge is 0.364 e. The first-order valence-electron chi connectivity index (χ1n) is 12.2. The molecule has 1 aliphatic rings. The third-order valence-electron chi connectivity index (χ3n) is 6.03. The van der Waals surface area contributed by atoms with E-state index in [1.54, 1.807) is 24.4 Å². The largest absolute Gasteiger partial charge is 0.387 e. The zero-order valence-corrected chi connectivity index (χ0v) is 24.5. The fourth-order valence-electron chi connectivity index (χ4n) is 3.55. The molecule has 7 unspecified atom stereocenters. The number of pyridine rings is 1. The number of rotatable bonds is 13. The van der Waals surface area contributed by atoms with E-state index in [4.69, 9.17) is 4.55 Å². The van der Waals surface area contributed by atoms with Gasteiger partial charge in [0.05, 0.1) is 6.42 Å². The first kappa shape index (κ1) is 34.4. The number of benzene rings is 1. The predicted octanol–water partition coefficient (Wildman–Crippen LogP) is -1.45. The summed E-state index contributed by atoms with van der Waals surface area (Å²) in [6.45, 7) is 1.95. The maximum Gasteiger partial charge on any atom is 0.364 e. The van der Waals surface area contributed by atoms with Crippen molar-refractivity contribution in [1.29, 1.82) is 0 Å². The van der Waals surface area contributed by atoms with Gasteiger partial charge in [0.2, 0.25) is 0 Å². The van der Waals surface area contributed by atoms with E-state index >= 15 is 0 Å². The average molecular weight is 662 g/mol. The highest BCUT2D eigenvalue weighted by Crippen LogP contribution is 2.41. The molecule has 0 radical (unpaired) electrons. The third kappa shape index (κ3) is 8.71. The maximum atomic E-state index is 12.5. The molecular weight excluding hydrogens is 634 g/mol. The van der Waals surface area contributed by atoms with Crippen LogP contribution in [0.25, 0.3) is 0 Å². The molecule has 43 heavy (non-hydrogen) atoms. The molecule has 3 rings (SSSR count). The van der Waals surface area contributed by atoms with Crippen LogP contribution in [-0.2, 0) is 29.3 Å². The number of aromatic nitrogens is 1. The van der Waals surface area contributed by atoms with Gasteiger partial charge in [-0.1, -0.05) is 29.0 Å². The molecule has 1 aromatic heterocycles. The number of imide groups is 1. The van der Waals surface area contributed by atoms with Crippen molar-refractivity contribution in [2.45, 2.75) is 59.5 Å². The summed E-state index contributed by atoms with van der Waals surface area (Å²) in [5.74, 6) is -5.83. The molecule has 3 amide bonds. The van der Waals surface area contributed by atoms with Crippen molar-refractivity contribution in [2.24, 2.45) is 0 Å². The Hall–Kier alpha value is -3.14. The van der Waals surface area contributed by atoms with Gasteiger partial charge in [0, 0.05) is 17.0 Å². The van der Waals surface area contributed by atoms with Gasteiger partial charge in [0.15, 0.2) is 17.6 Å². The van der Waals surface area contributed by atoms with E-state index in [2.05, 4.69) is 9.82 Å². The summed E-state index contributed by atoms with van der Waals surface area (Å²) in [6.07, 6.45) is -11.8. The number of aliphatic hydroxyl groups excluding tert-OH is 5. The fraction of sp³-hybridized carbons (Fsp3) is 0.375. The van der Waals surface area contributed by atoms with Gasteiger partial charge in [-0.25, -0.2) is 9.78 Å². The van der Waals surface area contributed by atoms with Crippen molar-refractivity contribution in [2.75, 3.05) is 0 Å². The third-order valence-corrected chi connectivity index (χ3v) is 9.85. The van der Waals surface area contributed by atoms with Gasteiger partial charge >= 0.3 is 5.97 Å². The molecule has 0 saturated carbocycles. The van der Waals surface area contributed by atoms with Crippen molar-refractivity contribution in [3.05, 3.63) is 59.8 Å². The van der Waals surface area contributed by atoms with Crippen LogP contribution in [0, 0.1) is 0 Å². The molecule has 0 aliphatic carbocycles. The Balaban J connectivity index is 1.53. The number of hydroxylamine groups is 2. The fourth-order valence-corrected chi connectivity index (χ4v) is 6.36. The Morgan fingerprint density at radius 2 is 1.67 bits per heavy atom. The molecule has 7 N–H and O–H groups in total. The second kappa shape index (κ2) is 14.6. The van der Waals surface area contributed by atoms with E-state index < -0.39 is 76.1 Å². The lowest BCUT2D eigenvalue weighted by atomic mass is 10.0. The Morgan fingerprint density at radius 3 is 2.23 bits per heavy atom. The van der Waals surface area contributed by atoms with Gasteiger partial charge in [-0.15, -0.1) is 5.06 Å². The van der Waals surface area contributed by atoms with Crippen molar-refractivity contribution >= 4 is 55.4 Å². The highest BCUT2D eigenvalue weighted by Gasteiger charge is 2.49. The summed E-state index contributed by atoms with van der Waals surface area (Å²) in [4.78, 5) is 56.9. The highest BCUT2D eigenvalue weighted by molar-refractivity contribution is 8.76. The number of amides is 3. The number of carbonyl (C=O) groups excluding carboxylic acids is 4. The van der Waals surface area contributed by atoms with Crippen LogP contribution in [0.2, 0.25) is 0 Å². The zero-order valence-electron chi connectivity index (χ0n) is 22.0. The first-order chi connectivity index (χ1) is 20.1. The lowest BCUT2D eigenvalue weighted by molar-refractivity contribution is -0.211. The number of nitrogens with zero attached hydrogens (tertiary/aromatic N) is 2. The van der Waals surface area contributed by atoms with Crippen molar-refractivity contribution in [1.82, 2.24) is 15.4 Å². The summed E-state index contributed by atoms with van der Waals surface area (Å²) >= 11 is 0. The van der Waals surface area contributed by atoms with Gasteiger partial charge in [-0.2, -0.15) is 8.42 Å². The lowest BCUT2D eigenvalue weighted by Gasteiger charge is -2.28. The van der Waals surface area contributed by atoms with Crippen LogP contribution >= 0.6 is 21.6 Å². The van der Waals surface area contributed by atoms with Crippen LogP contribution in [0.15, 0.2) is 53.7 Å². The van der Waals surface area contributed by atoms with Crippen LogP contribution in [0.5, 0.6) is 0 Å². The molecule has 7 atom stereocenters. The molecule has 0 spiro atoms. The van der Waals surface area contributed by atoms with E-state index in [9.17, 15) is 53.1 Å². The SMILES string of the molecule is CC(SSc1ccccn1)c1ccc(C(=O)NC(O)C(O)C(O)C(O)C(O)C(=O)ON2C(=O)CC(S(=O)(=O)O)C2=O)cc1. The van der Waals surface area contributed by atoms with Gasteiger partial charge in [-0.3, -0.25) is 18.9 Å². The highest BCUT2D eigenvalue weighted by atomic mass is 33.1. The minimum Gasteiger partial charge on any atom is -0.387 e. The van der Waals surface area contributed by atoms with Gasteiger partial charge in [-0.05, 0) is 47.5 Å². The van der Waals surface area contributed by atoms with E-state index in [1.807, 2.05) is 24.4 Å². The maximum absolute atomic E-state index is 12.5. The minimum absolute atomic E-state index is 0.0112. The molecule has 19 heteroatoms. The van der Waals surface area contributed by atoms with Gasteiger partial charge in [0.1, 0.15) is 23.3 Å². The molecule has 2 aromatic rings. The summed E-state index contributed by atoms with van der Waals surface area (Å²) in [5, 5.41) is 50.8. The Bertz CT molecular complexity index is 1430. The molecular formula is C24H27N3O13S3. The quantitative estimate of drug-likeness (QED) is 0.0560. The van der Waals surface area contributed by atoms with Crippen LogP contribution in [0.3, 0.4) is 0 Å². The lowest BCUT2D eigenvalue weighted by Crippen LogP contribution is -2.56. The van der Waals surface area contributed by atoms with Crippen LogP contribution in [0.4, 0.5) is 0 Å². The molecule has 1 fully saturated rings. The molecule has 0 bridgehead atoms.